The summed E-state index contributed by atoms with van der Waals surface area (Å²) in [6, 6.07) is 12.7. The van der Waals surface area contributed by atoms with E-state index in [1.165, 1.54) is 0 Å². The Balaban J connectivity index is 1.39. The Bertz CT molecular complexity index is 1640. The van der Waals surface area contributed by atoms with Crippen LogP contribution in [0.1, 0.15) is 89.9 Å². The number of benzene rings is 2. The molecule has 0 saturated heterocycles. The van der Waals surface area contributed by atoms with Crippen LogP contribution in [0.3, 0.4) is 0 Å². The van der Waals surface area contributed by atoms with Crippen molar-refractivity contribution in [3.63, 3.8) is 0 Å². The van der Waals surface area contributed by atoms with Crippen molar-refractivity contribution in [2.75, 3.05) is 13.1 Å². The number of nitriles is 1. The van der Waals surface area contributed by atoms with Crippen molar-refractivity contribution in [2.45, 2.75) is 71.2 Å². The number of fused-ring (bicyclic) bond motifs is 2. The molecule has 0 bridgehead atoms. The minimum absolute atomic E-state index is 0.120. The average Bonchev–Trinajstić information content (AvgIpc) is 3.64. The van der Waals surface area contributed by atoms with Crippen LogP contribution < -0.4 is 4.74 Å². The molecule has 3 aliphatic rings. The van der Waals surface area contributed by atoms with E-state index in [9.17, 15) is 24.8 Å². The van der Waals surface area contributed by atoms with Gasteiger partial charge in [0.2, 0.25) is 5.91 Å². The molecule has 0 spiro atoms. The number of hydrogen-bond donors (Lipinski definition) is 1. The number of nitrogens with zero attached hydrogens (tertiary/aromatic N) is 6. The summed E-state index contributed by atoms with van der Waals surface area (Å²) in [5.41, 5.74) is 4.15. The third-order valence-corrected chi connectivity index (χ3v) is 9.18. The molecule has 1 saturated carbocycles. The van der Waals surface area contributed by atoms with Crippen molar-refractivity contribution < 1.29 is 24.2 Å². The molecule has 1 aromatic heterocycles. The minimum Gasteiger partial charge on any atom is -0.487 e. The molecule has 11 heteroatoms. The molecule has 2 aliphatic heterocycles. The Morgan fingerprint density at radius 1 is 1.14 bits per heavy atom. The maximum atomic E-state index is 14.3. The zero-order valence-corrected chi connectivity index (χ0v) is 25.0. The van der Waals surface area contributed by atoms with Gasteiger partial charge in [0, 0.05) is 36.8 Å². The van der Waals surface area contributed by atoms with E-state index < -0.39 is 23.8 Å². The second-order valence-electron chi connectivity index (χ2n) is 12.2. The molecule has 1 fully saturated rings. The van der Waals surface area contributed by atoms with Gasteiger partial charge in [-0.05, 0) is 62.4 Å². The van der Waals surface area contributed by atoms with Gasteiger partial charge < -0.3 is 19.6 Å². The van der Waals surface area contributed by atoms with Gasteiger partial charge in [-0.2, -0.15) is 5.26 Å². The van der Waals surface area contributed by atoms with E-state index in [0.29, 0.717) is 60.5 Å². The van der Waals surface area contributed by atoms with Gasteiger partial charge in [0.25, 0.3) is 5.91 Å². The van der Waals surface area contributed by atoms with Gasteiger partial charge in [0.1, 0.15) is 18.1 Å². The lowest BCUT2D eigenvalue weighted by Crippen LogP contribution is -2.50. The van der Waals surface area contributed by atoms with Crippen LogP contribution in [0, 0.1) is 23.2 Å². The quantitative estimate of drug-likeness (QED) is 0.406. The smallest absolute Gasteiger partial charge is 0.307 e. The summed E-state index contributed by atoms with van der Waals surface area (Å²) in [6.45, 7) is 5.04. The number of aromatic nitrogens is 3. The first-order chi connectivity index (χ1) is 21.3. The molecule has 2 aromatic carbocycles. The summed E-state index contributed by atoms with van der Waals surface area (Å²) in [5, 5.41) is 28.4. The van der Waals surface area contributed by atoms with E-state index in [1.54, 1.807) is 26.6 Å². The van der Waals surface area contributed by atoms with Crippen LogP contribution in [-0.2, 0) is 29.2 Å². The van der Waals surface area contributed by atoms with Gasteiger partial charge in [-0.15, -0.1) is 5.10 Å². The molecule has 1 aliphatic carbocycles. The lowest BCUT2D eigenvalue weighted by atomic mass is 9.77. The topological polar surface area (TPSA) is 142 Å². The zero-order chi connectivity index (χ0) is 31.0. The Morgan fingerprint density at radius 3 is 2.61 bits per heavy atom. The third-order valence-electron chi connectivity index (χ3n) is 9.18. The van der Waals surface area contributed by atoms with Gasteiger partial charge in [-0.25, -0.2) is 4.68 Å². The van der Waals surface area contributed by atoms with Crippen molar-refractivity contribution in [1.29, 1.82) is 5.26 Å². The van der Waals surface area contributed by atoms with Crippen LogP contribution in [0.25, 0.3) is 0 Å². The molecule has 1 unspecified atom stereocenters. The maximum Gasteiger partial charge on any atom is 0.307 e. The van der Waals surface area contributed by atoms with Gasteiger partial charge >= 0.3 is 5.97 Å². The second kappa shape index (κ2) is 12.1. The maximum absolute atomic E-state index is 14.3. The fourth-order valence-electron chi connectivity index (χ4n) is 6.90. The summed E-state index contributed by atoms with van der Waals surface area (Å²) in [7, 11) is 0. The van der Waals surface area contributed by atoms with Crippen LogP contribution in [0.2, 0.25) is 0 Å². The van der Waals surface area contributed by atoms with E-state index >= 15 is 0 Å². The largest absolute Gasteiger partial charge is 0.487 e. The zero-order valence-electron chi connectivity index (χ0n) is 25.0. The first-order valence-corrected chi connectivity index (χ1v) is 15.3. The summed E-state index contributed by atoms with van der Waals surface area (Å²) in [6.07, 6.45) is 4.78. The normalized spacial score (nSPS) is 21.1. The SMILES string of the molecule is CC(C)n1cc(COc2ccc(C#N)c3c2[C@@H](CN2Cc4ccccc4C2=O)N(C(=O)C2CCCC[C@H]2C(=O)O)CC3)nn1. The molecule has 2 amide bonds. The van der Waals surface area contributed by atoms with Crippen LogP contribution in [0.15, 0.2) is 42.6 Å². The molecular weight excluding hydrogens is 560 g/mol. The van der Waals surface area contributed by atoms with Crippen LogP contribution in [-0.4, -0.2) is 60.8 Å². The number of rotatable bonds is 8. The summed E-state index contributed by atoms with van der Waals surface area (Å²) in [5.74, 6) is -2.18. The Hall–Kier alpha value is -4.72. The fourth-order valence-corrected chi connectivity index (χ4v) is 6.90. The standard InChI is InChI=1S/C33H36N6O5/c1-20(2)39-17-23(35-36-39)19-44-29-12-11-21(15-34)24-13-14-38(32(41)26-9-5-6-10-27(26)33(42)43)28(30(24)29)18-37-16-22-7-3-4-8-25(22)31(37)40/h3-4,7-8,11-12,17,20,26-28H,5-6,9-10,13-14,16,18-19H2,1-2H3,(H,42,43)/t26?,27-,28-/m1/s1. The number of aliphatic carboxylic acids is 1. The Morgan fingerprint density at radius 2 is 1.91 bits per heavy atom. The molecule has 3 heterocycles. The molecule has 228 valence electrons. The Labute approximate surface area is 256 Å². The van der Waals surface area contributed by atoms with Crippen LogP contribution >= 0.6 is 0 Å². The van der Waals surface area contributed by atoms with Gasteiger partial charge in [-0.3, -0.25) is 14.4 Å². The number of carboxylic acid groups (broad SMARTS) is 1. The summed E-state index contributed by atoms with van der Waals surface area (Å²) >= 11 is 0. The molecule has 0 radical (unpaired) electrons. The van der Waals surface area contributed by atoms with Crippen molar-refractivity contribution in [1.82, 2.24) is 24.8 Å². The van der Waals surface area contributed by atoms with Gasteiger partial charge in [0.05, 0.1) is 35.7 Å². The van der Waals surface area contributed by atoms with E-state index in [0.717, 1.165) is 24.0 Å². The number of hydrogen-bond acceptors (Lipinski definition) is 7. The number of amides is 2. The highest BCUT2D eigenvalue weighted by Gasteiger charge is 2.44. The lowest BCUT2D eigenvalue weighted by molar-refractivity contribution is -0.153. The van der Waals surface area contributed by atoms with E-state index in [-0.39, 0.29) is 31.0 Å². The Kier molecular flexibility index (Phi) is 8.08. The van der Waals surface area contributed by atoms with E-state index in [4.69, 9.17) is 4.74 Å². The predicted molar refractivity (Wildman–Crippen MR) is 158 cm³/mol. The first kappa shape index (κ1) is 29.4. The van der Waals surface area contributed by atoms with Crippen molar-refractivity contribution >= 4 is 17.8 Å². The highest BCUT2D eigenvalue weighted by atomic mass is 16.5. The fraction of sp³-hybridized carbons (Fsp3) is 0.455. The lowest BCUT2D eigenvalue weighted by Gasteiger charge is -2.43. The summed E-state index contributed by atoms with van der Waals surface area (Å²) in [4.78, 5) is 43.5. The average molecular weight is 597 g/mol. The molecule has 3 aromatic rings. The highest BCUT2D eigenvalue weighted by molar-refractivity contribution is 5.98. The number of carboxylic acids is 1. The first-order valence-electron chi connectivity index (χ1n) is 15.3. The second-order valence-corrected chi connectivity index (χ2v) is 12.2. The third kappa shape index (κ3) is 5.41. The van der Waals surface area contributed by atoms with E-state index in [1.807, 2.05) is 44.3 Å². The van der Waals surface area contributed by atoms with Crippen molar-refractivity contribution in [3.8, 4) is 11.8 Å². The number of carbonyl (C=O) groups excluding carboxylic acids is 2. The minimum atomic E-state index is -0.951. The van der Waals surface area contributed by atoms with Gasteiger partial charge in [0.15, 0.2) is 0 Å². The molecule has 11 nitrogen and oxygen atoms in total. The van der Waals surface area contributed by atoms with Crippen LogP contribution in [0.4, 0.5) is 0 Å². The van der Waals surface area contributed by atoms with Gasteiger partial charge in [-0.1, -0.05) is 36.3 Å². The molecule has 44 heavy (non-hydrogen) atoms. The predicted octanol–water partition coefficient (Wildman–Crippen LogP) is 4.28. The van der Waals surface area contributed by atoms with Crippen LogP contribution in [0.5, 0.6) is 5.75 Å². The summed E-state index contributed by atoms with van der Waals surface area (Å²) < 4.78 is 8.08. The van der Waals surface area contributed by atoms with E-state index in [2.05, 4.69) is 16.4 Å². The number of ether oxygens (including phenoxy) is 1. The molecule has 1 N–H and O–H groups in total. The van der Waals surface area contributed by atoms with Crippen molar-refractivity contribution in [2.24, 2.45) is 11.8 Å². The number of carbonyl (C=O) groups is 3. The highest BCUT2D eigenvalue weighted by Crippen LogP contribution is 2.42. The molecular formula is C33H36N6O5. The molecule has 6 rings (SSSR count). The monoisotopic (exact) mass is 596 g/mol. The van der Waals surface area contributed by atoms with Crippen molar-refractivity contribution in [3.05, 3.63) is 76.1 Å². The molecule has 3 atom stereocenters.